The van der Waals surface area contributed by atoms with E-state index in [4.69, 9.17) is 0 Å². The Hall–Kier alpha value is -2.16. The van der Waals surface area contributed by atoms with E-state index >= 15 is 0 Å². The third-order valence-corrected chi connectivity index (χ3v) is 7.88. The Labute approximate surface area is 175 Å². The van der Waals surface area contributed by atoms with Crippen LogP contribution in [0.3, 0.4) is 0 Å². The molecule has 0 aromatic heterocycles. The highest BCUT2D eigenvalue weighted by Gasteiger charge is 2.51. The van der Waals surface area contributed by atoms with Crippen LogP contribution in [0.25, 0.3) is 22.3 Å². The van der Waals surface area contributed by atoms with Crippen molar-refractivity contribution in [2.45, 2.75) is 5.41 Å². The standard InChI is InChI=1S/C25H14Br2/c26-23-13-18-17-9-3-6-12-21(17)25(22(18)14-24(23)27)19-10-4-1-7-15(19)16-8-2-5-11-20(16)25/h1-14H. The van der Waals surface area contributed by atoms with Crippen molar-refractivity contribution < 1.29 is 0 Å². The van der Waals surface area contributed by atoms with E-state index in [-0.39, 0.29) is 5.41 Å². The van der Waals surface area contributed by atoms with Gasteiger partial charge in [0.2, 0.25) is 0 Å². The number of halogens is 2. The first-order chi connectivity index (χ1) is 13.2. The molecule has 0 fully saturated rings. The third kappa shape index (κ3) is 1.83. The van der Waals surface area contributed by atoms with Crippen LogP contribution in [0.2, 0.25) is 0 Å². The molecule has 0 heterocycles. The topological polar surface area (TPSA) is 0 Å². The van der Waals surface area contributed by atoms with E-state index in [1.807, 2.05) is 0 Å². The van der Waals surface area contributed by atoms with Crippen LogP contribution in [0.1, 0.15) is 22.3 Å². The highest BCUT2D eigenvalue weighted by Crippen LogP contribution is 2.63. The minimum Gasteiger partial charge on any atom is -0.0619 e. The van der Waals surface area contributed by atoms with Crippen LogP contribution in [0.15, 0.2) is 93.9 Å². The summed E-state index contributed by atoms with van der Waals surface area (Å²) in [5, 5.41) is 0. The molecule has 2 heteroatoms. The van der Waals surface area contributed by atoms with E-state index < -0.39 is 0 Å². The van der Waals surface area contributed by atoms with E-state index in [2.05, 4.69) is 117 Å². The Balaban J connectivity index is 1.88. The summed E-state index contributed by atoms with van der Waals surface area (Å²) in [4.78, 5) is 0. The second kappa shape index (κ2) is 5.43. The predicted octanol–water partition coefficient (Wildman–Crippen LogP) is 7.56. The van der Waals surface area contributed by atoms with Gasteiger partial charge in [0.05, 0.1) is 5.41 Å². The maximum Gasteiger partial charge on any atom is 0.0725 e. The van der Waals surface area contributed by atoms with Crippen LogP contribution in [-0.2, 0) is 5.41 Å². The Kier molecular flexibility index (Phi) is 3.19. The smallest absolute Gasteiger partial charge is 0.0619 e. The zero-order valence-corrected chi connectivity index (χ0v) is 17.5. The molecule has 0 radical (unpaired) electrons. The third-order valence-electron chi connectivity index (χ3n) is 6.04. The second-order valence-corrected chi connectivity index (χ2v) is 8.91. The summed E-state index contributed by atoms with van der Waals surface area (Å²) in [7, 11) is 0. The van der Waals surface area contributed by atoms with Crippen molar-refractivity contribution in [3.8, 4) is 22.3 Å². The van der Waals surface area contributed by atoms with E-state index in [0.29, 0.717) is 0 Å². The monoisotopic (exact) mass is 472 g/mol. The average molecular weight is 474 g/mol. The second-order valence-electron chi connectivity index (χ2n) is 7.20. The van der Waals surface area contributed by atoms with Gasteiger partial charge in [-0.2, -0.15) is 0 Å². The van der Waals surface area contributed by atoms with E-state index in [1.54, 1.807) is 0 Å². The highest BCUT2D eigenvalue weighted by molar-refractivity contribution is 9.13. The highest BCUT2D eigenvalue weighted by atomic mass is 79.9. The lowest BCUT2D eigenvalue weighted by Crippen LogP contribution is -2.25. The summed E-state index contributed by atoms with van der Waals surface area (Å²) < 4.78 is 2.18. The molecule has 0 aliphatic heterocycles. The zero-order chi connectivity index (χ0) is 18.2. The van der Waals surface area contributed by atoms with Crippen molar-refractivity contribution in [2.24, 2.45) is 0 Å². The van der Waals surface area contributed by atoms with Crippen LogP contribution in [0, 0.1) is 0 Å². The molecule has 4 aromatic carbocycles. The van der Waals surface area contributed by atoms with Gasteiger partial charge in [-0.1, -0.05) is 72.8 Å². The van der Waals surface area contributed by atoms with Gasteiger partial charge in [0.15, 0.2) is 0 Å². The molecule has 0 amide bonds. The summed E-state index contributed by atoms with van der Waals surface area (Å²) in [6.07, 6.45) is 0. The van der Waals surface area contributed by atoms with Gasteiger partial charge in [-0.3, -0.25) is 0 Å². The maximum atomic E-state index is 3.76. The molecule has 2 aliphatic carbocycles. The van der Waals surface area contributed by atoms with Crippen molar-refractivity contribution in [3.05, 3.63) is 116 Å². The molecule has 0 saturated heterocycles. The lowest BCUT2D eigenvalue weighted by molar-refractivity contribution is 0.793. The first kappa shape index (κ1) is 15.9. The molecule has 6 rings (SSSR count). The molecule has 0 bridgehead atoms. The molecule has 2 aliphatic rings. The molecule has 1 spiro atoms. The summed E-state index contributed by atoms with van der Waals surface area (Å²) in [5.74, 6) is 0. The molecule has 0 saturated carbocycles. The molecular weight excluding hydrogens is 460 g/mol. The summed E-state index contributed by atoms with van der Waals surface area (Å²) in [5.41, 5.74) is 10.6. The van der Waals surface area contributed by atoms with Crippen molar-refractivity contribution in [1.82, 2.24) is 0 Å². The normalized spacial score (nSPS) is 14.6. The van der Waals surface area contributed by atoms with Gasteiger partial charge < -0.3 is 0 Å². The predicted molar refractivity (Wildman–Crippen MR) is 118 cm³/mol. The van der Waals surface area contributed by atoms with Crippen LogP contribution >= 0.6 is 31.9 Å². The van der Waals surface area contributed by atoms with E-state index in [1.165, 1.54) is 44.5 Å². The Bertz CT molecular complexity index is 1210. The fraction of sp³-hybridized carbons (Fsp3) is 0.0400. The Morgan fingerprint density at radius 1 is 0.444 bits per heavy atom. The molecule has 0 atom stereocenters. The molecular formula is C25H14Br2. The molecule has 0 nitrogen and oxygen atoms in total. The average Bonchev–Trinajstić information content (AvgIpc) is 3.16. The van der Waals surface area contributed by atoms with Crippen LogP contribution in [0.5, 0.6) is 0 Å². The van der Waals surface area contributed by atoms with Gasteiger partial charge in [0, 0.05) is 8.95 Å². The summed E-state index contributed by atoms with van der Waals surface area (Å²) in [6.45, 7) is 0. The lowest BCUT2D eigenvalue weighted by Gasteiger charge is -2.30. The first-order valence-electron chi connectivity index (χ1n) is 9.01. The number of benzene rings is 4. The summed E-state index contributed by atoms with van der Waals surface area (Å²) >= 11 is 7.47. The number of rotatable bonds is 0. The van der Waals surface area contributed by atoms with Gasteiger partial charge in [0.25, 0.3) is 0 Å². The van der Waals surface area contributed by atoms with Gasteiger partial charge >= 0.3 is 0 Å². The number of hydrogen-bond donors (Lipinski definition) is 0. The fourth-order valence-electron chi connectivity index (χ4n) is 5.09. The van der Waals surface area contributed by atoms with Crippen molar-refractivity contribution in [2.75, 3.05) is 0 Å². The largest absolute Gasteiger partial charge is 0.0725 e. The van der Waals surface area contributed by atoms with Gasteiger partial charge in [-0.15, -0.1) is 0 Å². The first-order valence-corrected chi connectivity index (χ1v) is 10.6. The molecule has 128 valence electrons. The molecule has 0 N–H and O–H groups in total. The Morgan fingerprint density at radius 3 is 1.37 bits per heavy atom. The SMILES string of the molecule is Brc1cc2c(cc1Br)C1(c3ccccc3-c3ccccc31)c1ccccc1-2. The molecule has 4 aromatic rings. The van der Waals surface area contributed by atoms with E-state index in [9.17, 15) is 0 Å². The molecule has 27 heavy (non-hydrogen) atoms. The molecule has 0 unspecified atom stereocenters. The quantitative estimate of drug-likeness (QED) is 0.213. The Morgan fingerprint density at radius 2 is 0.852 bits per heavy atom. The zero-order valence-electron chi connectivity index (χ0n) is 14.3. The maximum absolute atomic E-state index is 3.76. The van der Waals surface area contributed by atoms with Crippen LogP contribution in [0.4, 0.5) is 0 Å². The van der Waals surface area contributed by atoms with Crippen molar-refractivity contribution in [1.29, 1.82) is 0 Å². The number of hydrogen-bond acceptors (Lipinski definition) is 0. The fourth-order valence-corrected chi connectivity index (χ4v) is 5.77. The van der Waals surface area contributed by atoms with Crippen LogP contribution < -0.4 is 0 Å². The minimum absolute atomic E-state index is 0.248. The van der Waals surface area contributed by atoms with E-state index in [0.717, 1.165) is 8.95 Å². The van der Waals surface area contributed by atoms with Gasteiger partial charge in [-0.05, 0) is 88.5 Å². The van der Waals surface area contributed by atoms with Crippen molar-refractivity contribution >= 4 is 31.9 Å². The lowest BCUT2D eigenvalue weighted by atomic mass is 9.70. The summed E-state index contributed by atoms with van der Waals surface area (Å²) in [6, 6.07) is 31.2. The van der Waals surface area contributed by atoms with Crippen LogP contribution in [-0.4, -0.2) is 0 Å². The van der Waals surface area contributed by atoms with Gasteiger partial charge in [-0.25, -0.2) is 0 Å². The van der Waals surface area contributed by atoms with Gasteiger partial charge in [0.1, 0.15) is 0 Å². The number of fused-ring (bicyclic) bond motifs is 10. The minimum atomic E-state index is -0.248. The van der Waals surface area contributed by atoms with Crippen molar-refractivity contribution in [3.63, 3.8) is 0 Å².